The SMILES string of the molecule is COC(C)c1noc(-c2cccc3c2CCCN3)n1. The maximum atomic E-state index is 5.37. The number of nitrogens with one attached hydrogen (secondary N) is 1. The molecule has 0 radical (unpaired) electrons. The third-order valence-electron chi connectivity index (χ3n) is 3.48. The summed E-state index contributed by atoms with van der Waals surface area (Å²) in [6.07, 6.45) is 2.00. The fraction of sp³-hybridized carbons (Fsp3) is 0.429. The number of fused-ring (bicyclic) bond motifs is 1. The first-order valence-electron chi connectivity index (χ1n) is 6.52. The highest BCUT2D eigenvalue weighted by atomic mass is 16.5. The first-order chi connectivity index (χ1) is 9.29. The molecule has 0 aliphatic carbocycles. The third-order valence-corrected chi connectivity index (χ3v) is 3.48. The van der Waals surface area contributed by atoms with Crippen LogP contribution in [0.3, 0.4) is 0 Å². The second kappa shape index (κ2) is 5.01. The van der Waals surface area contributed by atoms with Crippen LogP contribution in [0.5, 0.6) is 0 Å². The van der Waals surface area contributed by atoms with Gasteiger partial charge in [0.1, 0.15) is 6.10 Å². The van der Waals surface area contributed by atoms with Gasteiger partial charge in [0.2, 0.25) is 5.82 Å². The highest BCUT2D eigenvalue weighted by molar-refractivity contribution is 5.69. The van der Waals surface area contributed by atoms with Gasteiger partial charge in [-0.3, -0.25) is 0 Å². The van der Waals surface area contributed by atoms with Crippen LogP contribution in [0.2, 0.25) is 0 Å². The van der Waals surface area contributed by atoms with Gasteiger partial charge in [-0.05, 0) is 37.5 Å². The molecule has 2 heterocycles. The molecule has 0 spiro atoms. The lowest BCUT2D eigenvalue weighted by Crippen LogP contribution is -2.12. The average Bonchev–Trinajstić information content (AvgIpc) is 2.95. The molecule has 19 heavy (non-hydrogen) atoms. The molecule has 0 saturated heterocycles. The lowest BCUT2D eigenvalue weighted by molar-refractivity contribution is 0.109. The molecule has 5 heteroatoms. The Balaban J connectivity index is 2.00. The fourth-order valence-electron chi connectivity index (χ4n) is 2.33. The van der Waals surface area contributed by atoms with Gasteiger partial charge in [0.05, 0.1) is 0 Å². The summed E-state index contributed by atoms with van der Waals surface area (Å²) >= 11 is 0. The van der Waals surface area contributed by atoms with Crippen molar-refractivity contribution in [3.8, 4) is 11.5 Å². The predicted molar refractivity (Wildman–Crippen MR) is 72.0 cm³/mol. The molecule has 2 aromatic rings. The maximum absolute atomic E-state index is 5.37. The summed E-state index contributed by atoms with van der Waals surface area (Å²) in [5, 5.41) is 7.38. The number of rotatable bonds is 3. The summed E-state index contributed by atoms with van der Waals surface area (Å²) in [7, 11) is 1.63. The van der Waals surface area contributed by atoms with Gasteiger partial charge in [0.25, 0.3) is 5.89 Å². The van der Waals surface area contributed by atoms with Crippen LogP contribution in [0.1, 0.15) is 30.8 Å². The number of hydrogen-bond donors (Lipinski definition) is 1. The summed E-state index contributed by atoms with van der Waals surface area (Å²) < 4.78 is 10.6. The van der Waals surface area contributed by atoms with E-state index >= 15 is 0 Å². The summed E-state index contributed by atoms with van der Waals surface area (Å²) in [6, 6.07) is 6.13. The van der Waals surface area contributed by atoms with Crippen molar-refractivity contribution in [3.05, 3.63) is 29.6 Å². The molecule has 1 unspecified atom stereocenters. The molecule has 0 bridgehead atoms. The number of ether oxygens (including phenoxy) is 1. The monoisotopic (exact) mass is 259 g/mol. The minimum Gasteiger partial charge on any atom is -0.385 e. The van der Waals surface area contributed by atoms with E-state index in [9.17, 15) is 0 Å². The standard InChI is InChI=1S/C14H17N3O2/c1-9(18-2)13-16-14(19-17-13)11-5-3-7-12-10(11)6-4-8-15-12/h3,5,7,9,15H,4,6,8H2,1-2H3. The van der Waals surface area contributed by atoms with Crippen molar-refractivity contribution in [3.63, 3.8) is 0 Å². The third kappa shape index (κ3) is 2.21. The highest BCUT2D eigenvalue weighted by Crippen LogP contribution is 2.32. The Labute approximate surface area is 112 Å². The van der Waals surface area contributed by atoms with Crippen molar-refractivity contribution in [2.45, 2.75) is 25.9 Å². The Kier molecular flexibility index (Phi) is 3.21. The lowest BCUT2D eigenvalue weighted by atomic mass is 9.97. The van der Waals surface area contributed by atoms with E-state index in [0.29, 0.717) is 11.7 Å². The van der Waals surface area contributed by atoms with E-state index in [1.54, 1.807) is 7.11 Å². The zero-order chi connectivity index (χ0) is 13.2. The Hall–Kier alpha value is -1.88. The smallest absolute Gasteiger partial charge is 0.258 e. The molecule has 1 aliphatic heterocycles. The largest absolute Gasteiger partial charge is 0.385 e. The van der Waals surface area contributed by atoms with Crippen molar-refractivity contribution in [2.75, 3.05) is 19.0 Å². The van der Waals surface area contributed by atoms with E-state index in [-0.39, 0.29) is 6.10 Å². The molecule has 0 amide bonds. The van der Waals surface area contributed by atoms with E-state index in [4.69, 9.17) is 9.26 Å². The molecule has 1 N–H and O–H groups in total. The second-order valence-electron chi connectivity index (χ2n) is 4.70. The minimum atomic E-state index is -0.157. The number of aromatic nitrogens is 2. The lowest BCUT2D eigenvalue weighted by Gasteiger charge is -2.19. The average molecular weight is 259 g/mol. The molecule has 5 nitrogen and oxygen atoms in total. The van der Waals surface area contributed by atoms with Crippen LogP contribution in [0, 0.1) is 0 Å². The molecule has 100 valence electrons. The minimum absolute atomic E-state index is 0.157. The Morgan fingerprint density at radius 3 is 3.16 bits per heavy atom. The van der Waals surface area contributed by atoms with Crippen LogP contribution in [0.4, 0.5) is 5.69 Å². The topological polar surface area (TPSA) is 60.2 Å². The molecule has 1 aromatic carbocycles. The number of nitrogens with zero attached hydrogens (tertiary/aromatic N) is 2. The van der Waals surface area contributed by atoms with Crippen molar-refractivity contribution < 1.29 is 9.26 Å². The van der Waals surface area contributed by atoms with E-state index in [1.165, 1.54) is 11.3 Å². The van der Waals surface area contributed by atoms with Crippen molar-refractivity contribution in [1.29, 1.82) is 0 Å². The quantitative estimate of drug-likeness (QED) is 0.918. The van der Waals surface area contributed by atoms with Gasteiger partial charge < -0.3 is 14.6 Å². The Bertz CT molecular complexity index is 580. The number of anilines is 1. The van der Waals surface area contributed by atoms with Gasteiger partial charge >= 0.3 is 0 Å². The van der Waals surface area contributed by atoms with Crippen LogP contribution in [0.15, 0.2) is 22.7 Å². The van der Waals surface area contributed by atoms with E-state index in [1.807, 2.05) is 19.1 Å². The molecule has 0 fully saturated rings. The first-order valence-corrected chi connectivity index (χ1v) is 6.52. The van der Waals surface area contributed by atoms with Gasteiger partial charge in [-0.15, -0.1) is 0 Å². The Morgan fingerprint density at radius 1 is 1.42 bits per heavy atom. The molecule has 1 atom stereocenters. The van der Waals surface area contributed by atoms with E-state index in [0.717, 1.165) is 24.9 Å². The van der Waals surface area contributed by atoms with Crippen molar-refractivity contribution >= 4 is 5.69 Å². The van der Waals surface area contributed by atoms with Crippen LogP contribution in [-0.4, -0.2) is 23.8 Å². The van der Waals surface area contributed by atoms with Gasteiger partial charge in [0, 0.05) is 24.9 Å². The number of benzene rings is 1. The number of methoxy groups -OCH3 is 1. The zero-order valence-corrected chi connectivity index (χ0v) is 11.1. The molecular formula is C14H17N3O2. The summed E-state index contributed by atoms with van der Waals surface area (Å²) in [5.74, 6) is 1.15. The molecule has 0 saturated carbocycles. The molecular weight excluding hydrogens is 242 g/mol. The normalized spacial score (nSPS) is 15.7. The van der Waals surface area contributed by atoms with Gasteiger partial charge in [-0.2, -0.15) is 4.98 Å². The summed E-state index contributed by atoms with van der Waals surface area (Å²) in [4.78, 5) is 4.43. The van der Waals surface area contributed by atoms with Crippen molar-refractivity contribution in [2.24, 2.45) is 0 Å². The first kappa shape index (κ1) is 12.2. The maximum Gasteiger partial charge on any atom is 0.258 e. The van der Waals surface area contributed by atoms with Crippen molar-refractivity contribution in [1.82, 2.24) is 10.1 Å². The zero-order valence-electron chi connectivity index (χ0n) is 11.1. The summed E-state index contributed by atoms with van der Waals surface area (Å²) in [6.45, 7) is 2.92. The van der Waals surface area contributed by atoms with Crippen LogP contribution in [-0.2, 0) is 11.2 Å². The number of hydrogen-bond acceptors (Lipinski definition) is 5. The van der Waals surface area contributed by atoms with Gasteiger partial charge in [0.15, 0.2) is 0 Å². The van der Waals surface area contributed by atoms with Crippen LogP contribution in [0.25, 0.3) is 11.5 Å². The van der Waals surface area contributed by atoms with Gasteiger partial charge in [-0.25, -0.2) is 0 Å². The summed E-state index contributed by atoms with van der Waals surface area (Å²) in [5.41, 5.74) is 3.45. The predicted octanol–water partition coefficient (Wildman–Crippen LogP) is 2.80. The Morgan fingerprint density at radius 2 is 2.32 bits per heavy atom. The van der Waals surface area contributed by atoms with Crippen LogP contribution < -0.4 is 5.32 Å². The van der Waals surface area contributed by atoms with Crippen LogP contribution >= 0.6 is 0 Å². The highest BCUT2D eigenvalue weighted by Gasteiger charge is 2.19. The van der Waals surface area contributed by atoms with E-state index in [2.05, 4.69) is 21.5 Å². The van der Waals surface area contributed by atoms with Gasteiger partial charge in [-0.1, -0.05) is 11.2 Å². The molecule has 3 rings (SSSR count). The molecule has 1 aliphatic rings. The molecule has 1 aromatic heterocycles. The van der Waals surface area contributed by atoms with E-state index < -0.39 is 0 Å². The fourth-order valence-corrected chi connectivity index (χ4v) is 2.33. The second-order valence-corrected chi connectivity index (χ2v) is 4.70.